The van der Waals surface area contributed by atoms with Crippen LogP contribution in [0.1, 0.15) is 25.7 Å². The molecule has 1 saturated carbocycles. The van der Waals surface area contributed by atoms with Gasteiger partial charge < -0.3 is 15.9 Å². The Morgan fingerprint density at radius 3 is 2.50 bits per heavy atom. The van der Waals surface area contributed by atoms with Crippen molar-refractivity contribution in [2.75, 3.05) is 0 Å². The minimum absolute atomic E-state index is 0.367. The zero-order valence-electron chi connectivity index (χ0n) is 6.94. The van der Waals surface area contributed by atoms with E-state index >= 15 is 0 Å². The van der Waals surface area contributed by atoms with E-state index in [1.165, 1.54) is 0 Å². The maximum Gasteiger partial charge on any atom is 0.309 e. The molecular weight excluding hydrogens is 158 g/mol. The SMILES string of the molecule is N[C@@H]1CCCC[C@@H](C(=O)O)[C@H]1O. The van der Waals surface area contributed by atoms with Gasteiger partial charge in [-0.15, -0.1) is 0 Å². The Balaban J connectivity index is 2.64. The summed E-state index contributed by atoms with van der Waals surface area (Å²) in [6.45, 7) is 0. The Labute approximate surface area is 71.4 Å². The van der Waals surface area contributed by atoms with Crippen molar-refractivity contribution in [3.8, 4) is 0 Å². The van der Waals surface area contributed by atoms with Gasteiger partial charge in [-0.1, -0.05) is 12.8 Å². The molecule has 0 aromatic rings. The summed E-state index contributed by atoms with van der Waals surface area (Å²) >= 11 is 0. The van der Waals surface area contributed by atoms with Crippen molar-refractivity contribution < 1.29 is 15.0 Å². The Hall–Kier alpha value is -0.610. The van der Waals surface area contributed by atoms with Crippen LogP contribution in [0.15, 0.2) is 0 Å². The van der Waals surface area contributed by atoms with Crippen molar-refractivity contribution in [2.24, 2.45) is 11.7 Å². The van der Waals surface area contributed by atoms with Crippen molar-refractivity contribution in [3.63, 3.8) is 0 Å². The molecule has 0 aliphatic heterocycles. The first kappa shape index (κ1) is 9.48. The predicted octanol–water partition coefficient (Wildman–Crippen LogP) is -0.0506. The molecule has 70 valence electrons. The van der Waals surface area contributed by atoms with Crippen LogP contribution in [0, 0.1) is 5.92 Å². The fraction of sp³-hybridized carbons (Fsp3) is 0.875. The molecular formula is C8H15NO3. The van der Waals surface area contributed by atoms with E-state index in [4.69, 9.17) is 10.8 Å². The summed E-state index contributed by atoms with van der Waals surface area (Å²) in [6.07, 6.45) is 2.17. The maximum absolute atomic E-state index is 10.6. The molecule has 0 aromatic heterocycles. The third-order valence-corrected chi connectivity index (χ3v) is 2.47. The minimum Gasteiger partial charge on any atom is -0.481 e. The monoisotopic (exact) mass is 173 g/mol. The second kappa shape index (κ2) is 3.87. The zero-order valence-corrected chi connectivity index (χ0v) is 6.94. The lowest BCUT2D eigenvalue weighted by molar-refractivity contribution is -0.146. The number of carboxylic acid groups (broad SMARTS) is 1. The summed E-state index contributed by atoms with van der Waals surface area (Å²) in [5.74, 6) is -1.60. The number of aliphatic carboxylic acids is 1. The van der Waals surface area contributed by atoms with Gasteiger partial charge in [-0.3, -0.25) is 4.79 Å². The van der Waals surface area contributed by atoms with E-state index < -0.39 is 18.0 Å². The van der Waals surface area contributed by atoms with Crippen LogP contribution in [0.3, 0.4) is 0 Å². The Morgan fingerprint density at radius 2 is 1.92 bits per heavy atom. The average molecular weight is 173 g/mol. The van der Waals surface area contributed by atoms with E-state index in [2.05, 4.69) is 0 Å². The first-order chi connectivity index (χ1) is 5.63. The summed E-state index contributed by atoms with van der Waals surface area (Å²) in [4.78, 5) is 10.6. The number of hydrogen-bond acceptors (Lipinski definition) is 3. The van der Waals surface area contributed by atoms with E-state index in [1.807, 2.05) is 0 Å². The molecule has 0 bridgehead atoms. The molecule has 1 rings (SSSR count). The number of carboxylic acids is 1. The quantitative estimate of drug-likeness (QED) is 0.485. The van der Waals surface area contributed by atoms with E-state index in [0.29, 0.717) is 6.42 Å². The second-order valence-electron chi connectivity index (χ2n) is 3.38. The molecule has 0 heterocycles. The van der Waals surface area contributed by atoms with Gasteiger partial charge in [0.1, 0.15) is 0 Å². The molecule has 0 spiro atoms. The fourth-order valence-corrected chi connectivity index (χ4v) is 1.65. The van der Waals surface area contributed by atoms with Crippen molar-refractivity contribution in [1.82, 2.24) is 0 Å². The third-order valence-electron chi connectivity index (χ3n) is 2.47. The summed E-state index contributed by atoms with van der Waals surface area (Å²) in [6, 6.07) is -0.367. The van der Waals surface area contributed by atoms with E-state index in [-0.39, 0.29) is 6.04 Å². The van der Waals surface area contributed by atoms with E-state index in [9.17, 15) is 9.90 Å². The van der Waals surface area contributed by atoms with Crippen LogP contribution in [-0.2, 0) is 4.79 Å². The molecule has 4 nitrogen and oxygen atoms in total. The normalized spacial score (nSPS) is 37.3. The van der Waals surface area contributed by atoms with Gasteiger partial charge in [0.2, 0.25) is 0 Å². The number of nitrogens with two attached hydrogens (primary N) is 1. The fourth-order valence-electron chi connectivity index (χ4n) is 1.65. The highest BCUT2D eigenvalue weighted by atomic mass is 16.4. The Kier molecular flexibility index (Phi) is 3.05. The van der Waals surface area contributed by atoms with Crippen molar-refractivity contribution >= 4 is 5.97 Å². The number of hydrogen-bond donors (Lipinski definition) is 3. The summed E-state index contributed by atoms with van der Waals surface area (Å²) in [5, 5.41) is 18.2. The molecule has 0 saturated heterocycles. The van der Waals surface area contributed by atoms with Gasteiger partial charge in [0.25, 0.3) is 0 Å². The van der Waals surface area contributed by atoms with Gasteiger partial charge in [0.15, 0.2) is 0 Å². The van der Waals surface area contributed by atoms with Crippen LogP contribution < -0.4 is 5.73 Å². The van der Waals surface area contributed by atoms with Crippen LogP contribution in [0.2, 0.25) is 0 Å². The largest absolute Gasteiger partial charge is 0.481 e. The van der Waals surface area contributed by atoms with Crippen LogP contribution in [0.4, 0.5) is 0 Å². The summed E-state index contributed by atoms with van der Waals surface area (Å²) in [5.41, 5.74) is 5.59. The zero-order chi connectivity index (χ0) is 9.14. The number of rotatable bonds is 1. The lowest BCUT2D eigenvalue weighted by Crippen LogP contribution is -2.41. The molecule has 4 N–H and O–H groups in total. The summed E-state index contributed by atoms with van der Waals surface area (Å²) in [7, 11) is 0. The predicted molar refractivity (Wildman–Crippen MR) is 43.6 cm³/mol. The van der Waals surface area contributed by atoms with Crippen molar-refractivity contribution in [3.05, 3.63) is 0 Å². The Bertz CT molecular complexity index is 172. The highest BCUT2D eigenvalue weighted by Gasteiger charge is 2.32. The third kappa shape index (κ3) is 1.95. The molecule has 3 atom stereocenters. The molecule has 0 radical (unpaired) electrons. The first-order valence-corrected chi connectivity index (χ1v) is 4.29. The van der Waals surface area contributed by atoms with E-state index in [0.717, 1.165) is 19.3 Å². The van der Waals surface area contributed by atoms with E-state index in [1.54, 1.807) is 0 Å². The highest BCUT2D eigenvalue weighted by Crippen LogP contribution is 2.22. The van der Waals surface area contributed by atoms with Gasteiger partial charge in [0.05, 0.1) is 12.0 Å². The molecule has 4 heteroatoms. The van der Waals surface area contributed by atoms with Crippen LogP contribution in [0.25, 0.3) is 0 Å². The molecule has 0 amide bonds. The van der Waals surface area contributed by atoms with Gasteiger partial charge in [-0.05, 0) is 12.8 Å². The number of carbonyl (C=O) groups is 1. The number of aliphatic hydroxyl groups excluding tert-OH is 1. The smallest absolute Gasteiger partial charge is 0.309 e. The van der Waals surface area contributed by atoms with Gasteiger partial charge in [-0.2, -0.15) is 0 Å². The number of aliphatic hydroxyl groups is 1. The lowest BCUT2D eigenvalue weighted by atomic mass is 9.95. The van der Waals surface area contributed by atoms with Gasteiger partial charge in [0, 0.05) is 6.04 Å². The first-order valence-electron chi connectivity index (χ1n) is 4.29. The lowest BCUT2D eigenvalue weighted by Gasteiger charge is -2.20. The topological polar surface area (TPSA) is 83.6 Å². The molecule has 0 unspecified atom stereocenters. The summed E-state index contributed by atoms with van der Waals surface area (Å²) < 4.78 is 0. The van der Waals surface area contributed by atoms with Gasteiger partial charge in [-0.25, -0.2) is 0 Å². The highest BCUT2D eigenvalue weighted by molar-refractivity contribution is 5.70. The van der Waals surface area contributed by atoms with Crippen LogP contribution in [-0.4, -0.2) is 28.3 Å². The molecule has 1 aliphatic carbocycles. The van der Waals surface area contributed by atoms with Crippen molar-refractivity contribution in [2.45, 2.75) is 37.8 Å². The van der Waals surface area contributed by atoms with Crippen LogP contribution >= 0.6 is 0 Å². The molecule has 1 aliphatic rings. The average Bonchev–Trinajstić information content (AvgIpc) is 2.15. The second-order valence-corrected chi connectivity index (χ2v) is 3.38. The molecule has 1 fully saturated rings. The standard InChI is InChI=1S/C8H15NO3/c9-6-4-2-1-3-5(7(6)10)8(11)12/h5-7,10H,1-4,9H2,(H,11,12)/t5-,6-,7-/m1/s1. The van der Waals surface area contributed by atoms with Crippen molar-refractivity contribution in [1.29, 1.82) is 0 Å². The van der Waals surface area contributed by atoms with Crippen LogP contribution in [0.5, 0.6) is 0 Å². The molecule has 12 heavy (non-hydrogen) atoms. The Morgan fingerprint density at radius 1 is 1.33 bits per heavy atom. The van der Waals surface area contributed by atoms with Gasteiger partial charge >= 0.3 is 5.97 Å². The minimum atomic E-state index is -0.931. The molecule has 0 aromatic carbocycles. The maximum atomic E-state index is 10.6.